The number of methoxy groups -OCH3 is 1. The molecular formula is C17H22N2O2. The second-order valence-electron chi connectivity index (χ2n) is 5.40. The van der Waals surface area contributed by atoms with Gasteiger partial charge in [-0.1, -0.05) is 0 Å². The molecule has 2 rings (SSSR count). The van der Waals surface area contributed by atoms with Crippen LogP contribution in [0.25, 0.3) is 10.9 Å². The van der Waals surface area contributed by atoms with Gasteiger partial charge in [0, 0.05) is 23.8 Å². The molecule has 0 fully saturated rings. The topological polar surface area (TPSA) is 43.3 Å². The maximum atomic E-state index is 11.2. The van der Waals surface area contributed by atoms with Crippen LogP contribution < -0.4 is 10.1 Å². The van der Waals surface area contributed by atoms with Crippen molar-refractivity contribution in [1.82, 2.24) is 4.57 Å². The summed E-state index contributed by atoms with van der Waals surface area (Å²) in [7, 11) is 3.71. The number of aromatic nitrogens is 1. The Kier molecular flexibility index (Phi) is 4.07. The minimum atomic E-state index is 0.0191. The van der Waals surface area contributed by atoms with E-state index in [2.05, 4.69) is 36.8 Å². The smallest absolute Gasteiger partial charge is 0.154 e. The molecule has 0 amide bonds. The van der Waals surface area contributed by atoms with Gasteiger partial charge in [0.2, 0.25) is 0 Å². The van der Waals surface area contributed by atoms with Crippen molar-refractivity contribution >= 4 is 22.4 Å². The standard InChI is InChI=1S/C17H22N2O2/c1-10(7-11(2)20)18-15-9-16-14(8-17(15)21-6)12(3)13(4)19(16)5/h7-9,18H,1-6H3. The van der Waals surface area contributed by atoms with E-state index in [1.165, 1.54) is 23.6 Å². The van der Waals surface area contributed by atoms with Crippen LogP contribution in [0.1, 0.15) is 25.1 Å². The molecular weight excluding hydrogens is 264 g/mol. The minimum absolute atomic E-state index is 0.0191. The van der Waals surface area contributed by atoms with E-state index in [9.17, 15) is 4.79 Å². The van der Waals surface area contributed by atoms with Gasteiger partial charge in [-0.05, 0) is 51.5 Å². The summed E-state index contributed by atoms with van der Waals surface area (Å²) in [6, 6.07) is 4.10. The number of rotatable bonds is 4. The van der Waals surface area contributed by atoms with Gasteiger partial charge in [0.05, 0.1) is 18.3 Å². The highest BCUT2D eigenvalue weighted by molar-refractivity contribution is 5.92. The number of hydrogen-bond acceptors (Lipinski definition) is 3. The van der Waals surface area contributed by atoms with Gasteiger partial charge in [-0.25, -0.2) is 0 Å². The average molecular weight is 286 g/mol. The largest absolute Gasteiger partial charge is 0.495 e. The molecule has 112 valence electrons. The van der Waals surface area contributed by atoms with Crippen molar-refractivity contribution in [3.05, 3.63) is 35.2 Å². The number of carbonyl (C=O) groups excluding carboxylic acids is 1. The van der Waals surface area contributed by atoms with Crippen LogP contribution in [0, 0.1) is 13.8 Å². The second kappa shape index (κ2) is 5.64. The molecule has 0 aliphatic carbocycles. The van der Waals surface area contributed by atoms with E-state index in [1.807, 2.05) is 13.0 Å². The van der Waals surface area contributed by atoms with Gasteiger partial charge in [-0.15, -0.1) is 0 Å². The Labute approximate surface area is 125 Å². The number of carbonyl (C=O) groups is 1. The third-order valence-electron chi connectivity index (χ3n) is 3.88. The summed E-state index contributed by atoms with van der Waals surface area (Å²) in [5.74, 6) is 0.790. The van der Waals surface area contributed by atoms with Gasteiger partial charge in [0.25, 0.3) is 0 Å². The summed E-state index contributed by atoms with van der Waals surface area (Å²) in [6.45, 7) is 7.63. The van der Waals surface area contributed by atoms with Crippen LogP contribution in [0.5, 0.6) is 5.75 Å². The van der Waals surface area contributed by atoms with E-state index in [1.54, 1.807) is 13.2 Å². The van der Waals surface area contributed by atoms with Crippen LogP contribution in [-0.2, 0) is 11.8 Å². The monoisotopic (exact) mass is 286 g/mol. The zero-order valence-corrected chi connectivity index (χ0v) is 13.5. The van der Waals surface area contributed by atoms with Crippen molar-refractivity contribution in [2.75, 3.05) is 12.4 Å². The third kappa shape index (κ3) is 2.79. The molecule has 0 atom stereocenters. The number of nitrogens with zero attached hydrogens (tertiary/aromatic N) is 1. The Morgan fingerprint density at radius 1 is 1.29 bits per heavy atom. The fourth-order valence-electron chi connectivity index (χ4n) is 2.59. The number of fused-ring (bicyclic) bond motifs is 1. The van der Waals surface area contributed by atoms with Gasteiger partial charge in [-0.2, -0.15) is 0 Å². The molecule has 21 heavy (non-hydrogen) atoms. The van der Waals surface area contributed by atoms with Crippen LogP contribution >= 0.6 is 0 Å². The molecule has 1 heterocycles. The summed E-state index contributed by atoms with van der Waals surface area (Å²) < 4.78 is 7.65. The number of benzene rings is 1. The van der Waals surface area contributed by atoms with Gasteiger partial charge in [0.15, 0.2) is 5.78 Å². The number of hydrogen-bond donors (Lipinski definition) is 1. The number of allylic oxidation sites excluding steroid dienone is 2. The number of ketones is 1. The van der Waals surface area contributed by atoms with Crippen molar-refractivity contribution < 1.29 is 9.53 Å². The van der Waals surface area contributed by atoms with E-state index in [0.29, 0.717) is 0 Å². The lowest BCUT2D eigenvalue weighted by Crippen LogP contribution is -2.01. The molecule has 0 saturated carbocycles. The second-order valence-corrected chi connectivity index (χ2v) is 5.40. The molecule has 1 N–H and O–H groups in total. The van der Waals surface area contributed by atoms with Gasteiger partial charge in [0.1, 0.15) is 5.75 Å². The molecule has 0 saturated heterocycles. The highest BCUT2D eigenvalue weighted by atomic mass is 16.5. The first kappa shape index (κ1) is 15.2. The van der Waals surface area contributed by atoms with Crippen molar-refractivity contribution in [3.8, 4) is 5.75 Å². The molecule has 0 spiro atoms. The summed E-state index contributed by atoms with van der Waals surface area (Å²) in [5, 5.41) is 4.43. The first-order valence-electron chi connectivity index (χ1n) is 6.94. The van der Waals surface area contributed by atoms with E-state index in [0.717, 1.165) is 22.7 Å². The minimum Gasteiger partial charge on any atom is -0.495 e. The molecule has 1 aromatic carbocycles. The van der Waals surface area contributed by atoms with Crippen molar-refractivity contribution in [2.24, 2.45) is 7.05 Å². The maximum Gasteiger partial charge on any atom is 0.154 e. The molecule has 4 heteroatoms. The molecule has 0 aliphatic rings. The lowest BCUT2D eigenvalue weighted by molar-refractivity contribution is -0.112. The number of aryl methyl sites for hydroxylation is 2. The molecule has 4 nitrogen and oxygen atoms in total. The summed E-state index contributed by atoms with van der Waals surface area (Å²) in [5.41, 5.74) is 5.29. The Morgan fingerprint density at radius 3 is 2.52 bits per heavy atom. The van der Waals surface area contributed by atoms with Gasteiger partial charge in [-0.3, -0.25) is 4.79 Å². The zero-order valence-electron chi connectivity index (χ0n) is 13.5. The molecule has 0 radical (unpaired) electrons. The van der Waals surface area contributed by atoms with Crippen LogP contribution in [0.2, 0.25) is 0 Å². The number of anilines is 1. The quantitative estimate of drug-likeness (QED) is 0.871. The third-order valence-corrected chi connectivity index (χ3v) is 3.88. The van der Waals surface area contributed by atoms with E-state index >= 15 is 0 Å². The lowest BCUT2D eigenvalue weighted by atomic mass is 10.1. The average Bonchev–Trinajstić information content (AvgIpc) is 2.62. The van der Waals surface area contributed by atoms with Crippen molar-refractivity contribution in [1.29, 1.82) is 0 Å². The molecule has 0 bridgehead atoms. The number of nitrogens with one attached hydrogen (secondary N) is 1. The first-order chi connectivity index (χ1) is 9.85. The summed E-state index contributed by atoms with van der Waals surface area (Å²) >= 11 is 0. The van der Waals surface area contributed by atoms with Crippen molar-refractivity contribution in [3.63, 3.8) is 0 Å². The summed E-state index contributed by atoms with van der Waals surface area (Å²) in [6.07, 6.45) is 1.57. The van der Waals surface area contributed by atoms with Crippen molar-refractivity contribution in [2.45, 2.75) is 27.7 Å². The van der Waals surface area contributed by atoms with Gasteiger partial charge >= 0.3 is 0 Å². The summed E-state index contributed by atoms with van der Waals surface area (Å²) in [4.78, 5) is 11.2. The maximum absolute atomic E-state index is 11.2. The highest BCUT2D eigenvalue weighted by Crippen LogP contribution is 2.34. The Morgan fingerprint density at radius 2 is 1.95 bits per heavy atom. The van der Waals surface area contributed by atoms with Crippen LogP contribution in [0.3, 0.4) is 0 Å². The normalized spacial score (nSPS) is 11.8. The lowest BCUT2D eigenvalue weighted by Gasteiger charge is -2.12. The van der Waals surface area contributed by atoms with Crippen LogP contribution in [0.15, 0.2) is 23.9 Å². The Hall–Kier alpha value is -2.23. The zero-order chi connectivity index (χ0) is 15.7. The fraction of sp³-hybridized carbons (Fsp3) is 0.353. The Bertz CT molecular complexity index is 739. The molecule has 0 unspecified atom stereocenters. The van der Waals surface area contributed by atoms with E-state index in [4.69, 9.17) is 4.74 Å². The predicted molar refractivity (Wildman–Crippen MR) is 87.0 cm³/mol. The first-order valence-corrected chi connectivity index (χ1v) is 6.94. The Balaban J connectivity index is 2.58. The van der Waals surface area contributed by atoms with E-state index < -0.39 is 0 Å². The number of ether oxygens (including phenoxy) is 1. The van der Waals surface area contributed by atoms with Gasteiger partial charge < -0.3 is 14.6 Å². The van der Waals surface area contributed by atoms with Crippen LogP contribution in [0.4, 0.5) is 5.69 Å². The fourth-order valence-corrected chi connectivity index (χ4v) is 2.59. The highest BCUT2D eigenvalue weighted by Gasteiger charge is 2.13. The van der Waals surface area contributed by atoms with Crippen LogP contribution in [-0.4, -0.2) is 17.5 Å². The predicted octanol–water partition coefficient (Wildman–Crippen LogP) is 3.71. The molecule has 0 aliphatic heterocycles. The molecule has 2 aromatic rings. The SMILES string of the molecule is COc1cc2c(C)c(C)n(C)c2cc1NC(C)=CC(C)=O. The van der Waals surface area contributed by atoms with E-state index in [-0.39, 0.29) is 5.78 Å². The molecule has 1 aromatic heterocycles.